The molecule has 1 aliphatic carbocycles. The van der Waals surface area contributed by atoms with Gasteiger partial charge in [-0.15, -0.1) is 0 Å². The molecule has 2 nitrogen and oxygen atoms in total. The highest BCUT2D eigenvalue weighted by atomic mass is 35.5. The van der Waals surface area contributed by atoms with Crippen molar-refractivity contribution in [3.8, 4) is 6.57 Å². The molecule has 1 aromatic carbocycles. The van der Waals surface area contributed by atoms with Gasteiger partial charge in [-0.2, -0.15) is 0 Å². The van der Waals surface area contributed by atoms with Crippen LogP contribution in [0.4, 0.5) is 0 Å². The van der Waals surface area contributed by atoms with Crippen molar-refractivity contribution < 1.29 is 5.11 Å². The largest absolute Gasteiger partial charge is 0.392 e. The Hall–Kier alpha value is -1.04. The smallest absolute Gasteiger partial charge is 0.310 e. The van der Waals surface area contributed by atoms with Crippen molar-refractivity contribution >= 4 is 11.6 Å². The number of rotatable bonds is 1. The van der Waals surface area contributed by atoms with E-state index in [0.717, 1.165) is 5.56 Å². The van der Waals surface area contributed by atoms with Crippen LogP contribution < -0.4 is 0 Å². The minimum absolute atomic E-state index is 0.280. The molecule has 0 bridgehead atoms. The number of nitrogens with zero attached hydrogens (tertiary/aromatic N) is 1. The van der Waals surface area contributed by atoms with Gasteiger partial charge in [0.2, 0.25) is 0 Å². The molecule has 0 radical (unpaired) electrons. The van der Waals surface area contributed by atoms with Gasteiger partial charge in [0.1, 0.15) is 0 Å². The number of benzene rings is 1. The molecule has 72 valence electrons. The topological polar surface area (TPSA) is 24.6 Å². The highest BCUT2D eigenvalue weighted by Crippen LogP contribution is 2.45. The third-order valence-corrected chi connectivity index (χ3v) is 3.03. The molecule has 0 spiro atoms. The average Bonchev–Trinajstić information content (AvgIpc) is 2.14. The molecule has 0 unspecified atom stereocenters. The van der Waals surface area contributed by atoms with Crippen LogP contribution >= 0.6 is 11.6 Å². The van der Waals surface area contributed by atoms with Crippen LogP contribution in [-0.2, 0) is 5.54 Å². The van der Waals surface area contributed by atoms with E-state index in [1.165, 1.54) is 0 Å². The zero-order valence-electron chi connectivity index (χ0n) is 7.65. The monoisotopic (exact) mass is 208 g/mol. The molecule has 0 heterocycles. The molecular formula is C11H11ClNO+. The van der Waals surface area contributed by atoms with Gasteiger partial charge < -0.3 is 5.11 Å². The van der Waals surface area contributed by atoms with Crippen LogP contribution in [0.15, 0.2) is 24.3 Å². The normalized spacial score (nSPS) is 30.5. The number of halogens is 1. The Bertz CT molecular complexity index is 373. The van der Waals surface area contributed by atoms with E-state index >= 15 is 0 Å². The van der Waals surface area contributed by atoms with Crippen molar-refractivity contribution in [2.75, 3.05) is 0 Å². The van der Waals surface area contributed by atoms with Gasteiger partial charge in [-0.25, -0.2) is 0 Å². The molecule has 1 fully saturated rings. The standard InChI is InChI=1S/C11H11ClNO/c1-13-11(6-10(14)7-11)8-2-4-9(12)5-3-8/h1-5,10,14H,6-7H2/q+1. The zero-order chi connectivity index (χ0) is 10.2. The maximum absolute atomic E-state index is 9.29. The van der Waals surface area contributed by atoms with Crippen molar-refractivity contribution in [1.82, 2.24) is 0 Å². The van der Waals surface area contributed by atoms with Crippen LogP contribution in [0, 0.1) is 6.57 Å². The molecule has 0 saturated heterocycles. The van der Waals surface area contributed by atoms with E-state index in [1.807, 2.05) is 24.3 Å². The van der Waals surface area contributed by atoms with Crippen LogP contribution in [-0.4, -0.2) is 11.2 Å². The Kier molecular flexibility index (Phi) is 2.22. The Morgan fingerprint density at radius 2 is 1.93 bits per heavy atom. The summed E-state index contributed by atoms with van der Waals surface area (Å²) in [6.45, 7) is 5.38. The molecule has 1 aliphatic rings. The summed E-state index contributed by atoms with van der Waals surface area (Å²) in [5.41, 5.74) is 0.638. The first-order valence-electron chi connectivity index (χ1n) is 4.52. The van der Waals surface area contributed by atoms with E-state index in [1.54, 1.807) is 0 Å². The predicted molar refractivity (Wildman–Crippen MR) is 56.7 cm³/mol. The highest BCUT2D eigenvalue weighted by Gasteiger charge is 2.54. The van der Waals surface area contributed by atoms with Gasteiger partial charge in [0, 0.05) is 10.6 Å². The molecule has 0 aliphatic heterocycles. The van der Waals surface area contributed by atoms with Gasteiger partial charge in [-0.05, 0) is 24.3 Å². The molecular weight excluding hydrogens is 198 g/mol. The maximum Gasteiger partial charge on any atom is 0.310 e. The molecule has 1 aromatic rings. The molecule has 0 atom stereocenters. The van der Waals surface area contributed by atoms with Crippen LogP contribution in [0.25, 0.3) is 4.85 Å². The van der Waals surface area contributed by atoms with Gasteiger partial charge in [-0.1, -0.05) is 16.4 Å². The van der Waals surface area contributed by atoms with E-state index in [9.17, 15) is 5.11 Å². The van der Waals surface area contributed by atoms with Crippen molar-refractivity contribution in [1.29, 1.82) is 0 Å². The first kappa shape index (κ1) is 9.51. The van der Waals surface area contributed by atoms with Gasteiger partial charge in [0.15, 0.2) is 0 Å². The van der Waals surface area contributed by atoms with Crippen LogP contribution in [0.2, 0.25) is 5.02 Å². The summed E-state index contributed by atoms with van der Waals surface area (Å²) >= 11 is 5.78. The second-order valence-electron chi connectivity index (χ2n) is 3.73. The number of hydrogen-bond acceptors (Lipinski definition) is 1. The lowest BCUT2D eigenvalue weighted by atomic mass is 9.70. The molecule has 14 heavy (non-hydrogen) atoms. The molecule has 1 N–H and O–H groups in total. The number of hydrogen-bond donors (Lipinski definition) is 1. The predicted octanol–water partition coefficient (Wildman–Crippen LogP) is 2.65. The Balaban J connectivity index is 2.31. The highest BCUT2D eigenvalue weighted by molar-refractivity contribution is 6.30. The summed E-state index contributed by atoms with van der Waals surface area (Å²) in [5, 5.41) is 9.98. The molecule has 3 heteroatoms. The summed E-state index contributed by atoms with van der Waals surface area (Å²) in [6.07, 6.45) is 0.925. The SMILES string of the molecule is C#[N+]C1(c2ccc(Cl)cc2)CC(O)C1. The van der Waals surface area contributed by atoms with Crippen molar-refractivity contribution in [2.45, 2.75) is 24.5 Å². The minimum Gasteiger partial charge on any atom is -0.392 e. The van der Waals surface area contributed by atoms with Gasteiger partial charge >= 0.3 is 5.54 Å². The zero-order valence-corrected chi connectivity index (χ0v) is 8.41. The van der Waals surface area contributed by atoms with Gasteiger partial charge in [0.25, 0.3) is 6.57 Å². The van der Waals surface area contributed by atoms with Crippen LogP contribution in [0.3, 0.4) is 0 Å². The van der Waals surface area contributed by atoms with E-state index in [0.29, 0.717) is 17.9 Å². The summed E-state index contributed by atoms with van der Waals surface area (Å²) < 4.78 is 0. The lowest BCUT2D eigenvalue weighted by Crippen LogP contribution is -2.41. The second-order valence-corrected chi connectivity index (χ2v) is 4.17. The fourth-order valence-electron chi connectivity index (χ4n) is 1.90. The minimum atomic E-state index is -0.385. The van der Waals surface area contributed by atoms with Crippen molar-refractivity contribution in [3.05, 3.63) is 39.7 Å². The maximum atomic E-state index is 9.29. The second kappa shape index (κ2) is 3.27. The summed E-state index contributed by atoms with van der Waals surface area (Å²) in [7, 11) is 0. The van der Waals surface area contributed by atoms with E-state index in [4.69, 9.17) is 18.2 Å². The summed E-state index contributed by atoms with van der Waals surface area (Å²) in [5.74, 6) is 0. The van der Waals surface area contributed by atoms with Crippen LogP contribution in [0.1, 0.15) is 18.4 Å². The lowest BCUT2D eigenvalue weighted by molar-refractivity contribution is 0.0403. The summed E-state index contributed by atoms with van der Waals surface area (Å²) in [4.78, 5) is 3.87. The third kappa shape index (κ3) is 1.39. The fourth-order valence-corrected chi connectivity index (χ4v) is 2.02. The average molecular weight is 209 g/mol. The Labute approximate surface area is 88.0 Å². The van der Waals surface area contributed by atoms with Gasteiger partial charge in [0.05, 0.1) is 18.9 Å². The molecule has 2 rings (SSSR count). The summed E-state index contributed by atoms with van der Waals surface area (Å²) in [6, 6.07) is 7.44. The van der Waals surface area contributed by atoms with E-state index in [-0.39, 0.29) is 11.6 Å². The quantitative estimate of drug-likeness (QED) is 0.754. The first-order chi connectivity index (χ1) is 6.66. The molecule has 0 aromatic heterocycles. The number of aliphatic hydroxyl groups is 1. The van der Waals surface area contributed by atoms with Gasteiger partial charge in [-0.3, -0.25) is 0 Å². The molecule has 1 saturated carbocycles. The molecule has 0 amide bonds. The van der Waals surface area contributed by atoms with E-state index in [2.05, 4.69) is 4.85 Å². The van der Waals surface area contributed by atoms with Crippen molar-refractivity contribution in [3.63, 3.8) is 0 Å². The van der Waals surface area contributed by atoms with Crippen LogP contribution in [0.5, 0.6) is 0 Å². The Morgan fingerprint density at radius 3 is 2.36 bits per heavy atom. The van der Waals surface area contributed by atoms with E-state index < -0.39 is 0 Å². The van der Waals surface area contributed by atoms with Crippen molar-refractivity contribution in [2.24, 2.45) is 0 Å². The number of aliphatic hydroxyl groups excluding tert-OH is 1. The third-order valence-electron chi connectivity index (χ3n) is 2.78. The lowest BCUT2D eigenvalue weighted by Gasteiger charge is -2.31. The first-order valence-corrected chi connectivity index (χ1v) is 4.90. The Morgan fingerprint density at radius 1 is 1.36 bits per heavy atom. The fraction of sp³-hybridized carbons (Fsp3) is 0.364.